The summed E-state index contributed by atoms with van der Waals surface area (Å²) in [7, 11) is 0. The van der Waals surface area contributed by atoms with Crippen molar-refractivity contribution < 1.29 is 19.4 Å². The van der Waals surface area contributed by atoms with Gasteiger partial charge in [-0.15, -0.1) is 0 Å². The lowest BCUT2D eigenvalue weighted by Gasteiger charge is -2.21. The third-order valence-electron chi connectivity index (χ3n) is 3.77. The molecule has 0 spiro atoms. The molecule has 0 fully saturated rings. The van der Waals surface area contributed by atoms with Crippen molar-refractivity contribution in [2.45, 2.75) is 17.5 Å². The molecule has 24 heavy (non-hydrogen) atoms. The van der Waals surface area contributed by atoms with Crippen molar-refractivity contribution >= 4 is 28.8 Å². The molecule has 1 aliphatic rings. The summed E-state index contributed by atoms with van der Waals surface area (Å²) < 4.78 is 10.8. The van der Waals surface area contributed by atoms with Crippen LogP contribution in [0.25, 0.3) is 11.0 Å². The normalized spacial score (nSPS) is 13.5. The molecule has 1 aromatic heterocycles. The van der Waals surface area contributed by atoms with E-state index in [9.17, 15) is 9.90 Å². The smallest absolute Gasteiger partial charge is 0.335 e. The lowest BCUT2D eigenvalue weighted by Crippen LogP contribution is -2.14. The van der Waals surface area contributed by atoms with E-state index in [1.807, 2.05) is 24.3 Å². The molecule has 7 heteroatoms. The van der Waals surface area contributed by atoms with Crippen LogP contribution in [0.4, 0.5) is 0 Å². The van der Waals surface area contributed by atoms with Crippen molar-refractivity contribution in [2.24, 2.45) is 0 Å². The fourth-order valence-electron chi connectivity index (χ4n) is 2.67. The van der Waals surface area contributed by atoms with Crippen LogP contribution in [-0.2, 0) is 17.1 Å². The molecule has 2 aromatic carbocycles. The van der Waals surface area contributed by atoms with Crippen LogP contribution in [0.15, 0.2) is 41.6 Å². The first-order chi connectivity index (χ1) is 11.7. The van der Waals surface area contributed by atoms with Gasteiger partial charge in [-0.1, -0.05) is 23.9 Å². The highest BCUT2D eigenvalue weighted by atomic mass is 32.2. The fraction of sp³-hybridized carbons (Fsp3) is 0.176. The topological polar surface area (TPSA) is 84.4 Å². The molecule has 0 saturated carbocycles. The van der Waals surface area contributed by atoms with Gasteiger partial charge in [-0.3, -0.25) is 0 Å². The highest BCUT2D eigenvalue weighted by Gasteiger charge is 2.19. The summed E-state index contributed by atoms with van der Waals surface area (Å²) in [5.41, 5.74) is 3.72. The predicted molar refractivity (Wildman–Crippen MR) is 89.3 cm³/mol. The number of carboxylic acids is 1. The number of imidazole rings is 1. The Balaban J connectivity index is 1.63. The number of aromatic carboxylic acids is 1. The van der Waals surface area contributed by atoms with E-state index < -0.39 is 5.97 Å². The van der Waals surface area contributed by atoms with Crippen molar-refractivity contribution in [3.05, 3.63) is 53.1 Å². The molecule has 2 heterocycles. The molecule has 1 aliphatic heterocycles. The van der Waals surface area contributed by atoms with E-state index in [1.165, 1.54) is 11.8 Å². The number of para-hydroxylation sites is 2. The van der Waals surface area contributed by atoms with E-state index in [0.717, 1.165) is 33.1 Å². The van der Waals surface area contributed by atoms with Crippen LogP contribution in [0.2, 0.25) is 0 Å². The number of carboxylic acid groups (broad SMARTS) is 1. The summed E-state index contributed by atoms with van der Waals surface area (Å²) >= 11 is 1.51. The molecule has 0 aliphatic carbocycles. The first-order valence-electron chi connectivity index (χ1n) is 7.38. The number of H-pyrrole nitrogens is 1. The number of aromatic nitrogens is 2. The second kappa shape index (κ2) is 6.18. The molecule has 0 bridgehead atoms. The van der Waals surface area contributed by atoms with E-state index in [1.54, 1.807) is 12.1 Å². The van der Waals surface area contributed by atoms with Gasteiger partial charge in [0.05, 0.1) is 23.2 Å². The number of rotatable bonds is 4. The number of nitrogens with one attached hydrogen (secondary N) is 1. The Labute approximate surface area is 141 Å². The Morgan fingerprint density at radius 1 is 1.33 bits per heavy atom. The third kappa shape index (κ3) is 2.83. The molecule has 0 radical (unpaired) electrons. The van der Waals surface area contributed by atoms with E-state index in [2.05, 4.69) is 9.97 Å². The lowest BCUT2D eigenvalue weighted by molar-refractivity contribution is -0.0169. The molecule has 3 aromatic rings. The Kier molecular flexibility index (Phi) is 3.87. The number of nitrogens with zero attached hydrogens (tertiary/aromatic N) is 1. The number of hydrogen-bond donors (Lipinski definition) is 2. The van der Waals surface area contributed by atoms with Crippen molar-refractivity contribution in [3.8, 4) is 5.75 Å². The number of aromatic amines is 1. The number of carbonyl (C=O) groups is 1. The monoisotopic (exact) mass is 342 g/mol. The minimum absolute atomic E-state index is 0.182. The minimum Gasteiger partial charge on any atom is -0.478 e. The maximum Gasteiger partial charge on any atom is 0.335 e. The third-order valence-corrected chi connectivity index (χ3v) is 4.69. The Hall–Kier alpha value is -2.51. The maximum absolute atomic E-state index is 11.3. The predicted octanol–water partition coefficient (Wildman–Crippen LogP) is 3.42. The van der Waals surface area contributed by atoms with Gasteiger partial charge in [0, 0.05) is 16.9 Å². The molecule has 4 rings (SSSR count). The van der Waals surface area contributed by atoms with Gasteiger partial charge >= 0.3 is 5.97 Å². The van der Waals surface area contributed by atoms with Crippen molar-refractivity contribution in [2.75, 3.05) is 6.79 Å². The molecule has 0 amide bonds. The van der Waals surface area contributed by atoms with E-state index >= 15 is 0 Å². The number of ether oxygens (including phenoxy) is 2. The van der Waals surface area contributed by atoms with Gasteiger partial charge in [0.1, 0.15) is 5.75 Å². The van der Waals surface area contributed by atoms with Crippen LogP contribution in [0.1, 0.15) is 21.5 Å². The lowest BCUT2D eigenvalue weighted by atomic mass is 10.0. The van der Waals surface area contributed by atoms with Gasteiger partial charge in [-0.05, 0) is 24.3 Å². The average Bonchev–Trinajstić information content (AvgIpc) is 3.02. The second-order valence-corrected chi connectivity index (χ2v) is 6.35. The van der Waals surface area contributed by atoms with Gasteiger partial charge in [-0.2, -0.15) is 0 Å². The summed E-state index contributed by atoms with van der Waals surface area (Å²) in [6, 6.07) is 11.1. The molecule has 0 saturated heterocycles. The van der Waals surface area contributed by atoms with Gasteiger partial charge in [-0.25, -0.2) is 9.78 Å². The van der Waals surface area contributed by atoms with Crippen LogP contribution in [-0.4, -0.2) is 27.8 Å². The van der Waals surface area contributed by atoms with Gasteiger partial charge < -0.3 is 19.6 Å². The van der Waals surface area contributed by atoms with Crippen molar-refractivity contribution in [3.63, 3.8) is 0 Å². The average molecular weight is 342 g/mol. The van der Waals surface area contributed by atoms with Crippen LogP contribution in [0, 0.1) is 0 Å². The molecule has 122 valence electrons. The number of thioether (sulfide) groups is 1. The van der Waals surface area contributed by atoms with Gasteiger partial charge in [0.15, 0.2) is 11.9 Å². The Morgan fingerprint density at radius 2 is 2.21 bits per heavy atom. The first kappa shape index (κ1) is 15.0. The summed E-state index contributed by atoms with van der Waals surface area (Å²) in [4.78, 5) is 19.1. The molecule has 6 nitrogen and oxygen atoms in total. The van der Waals surface area contributed by atoms with Crippen LogP contribution < -0.4 is 4.74 Å². The summed E-state index contributed by atoms with van der Waals surface area (Å²) in [6.07, 6.45) is 0. The highest BCUT2D eigenvalue weighted by molar-refractivity contribution is 7.98. The number of benzene rings is 2. The summed E-state index contributed by atoms with van der Waals surface area (Å²) in [5, 5.41) is 10.1. The van der Waals surface area contributed by atoms with Crippen molar-refractivity contribution in [1.82, 2.24) is 9.97 Å². The number of hydrogen-bond acceptors (Lipinski definition) is 5. The van der Waals surface area contributed by atoms with Gasteiger partial charge in [0.2, 0.25) is 0 Å². The van der Waals surface area contributed by atoms with E-state index in [-0.39, 0.29) is 12.4 Å². The molecular weight excluding hydrogens is 328 g/mol. The minimum atomic E-state index is -0.960. The maximum atomic E-state index is 11.3. The SMILES string of the molecule is O=C(O)c1cc2c(c(CSc3nc4ccccc4[nH]3)c1)OCOC2. The molecule has 0 atom stereocenters. The quantitative estimate of drug-likeness (QED) is 0.707. The number of fused-ring (bicyclic) bond motifs is 2. The Bertz CT molecular complexity index is 889. The summed E-state index contributed by atoms with van der Waals surface area (Å²) in [6.45, 7) is 0.542. The Morgan fingerprint density at radius 3 is 3.04 bits per heavy atom. The zero-order chi connectivity index (χ0) is 16.5. The van der Waals surface area contributed by atoms with E-state index in [0.29, 0.717) is 12.4 Å². The van der Waals surface area contributed by atoms with Gasteiger partial charge in [0.25, 0.3) is 0 Å². The molecule has 2 N–H and O–H groups in total. The van der Waals surface area contributed by atoms with E-state index in [4.69, 9.17) is 9.47 Å². The molecule has 0 unspecified atom stereocenters. The zero-order valence-electron chi connectivity index (χ0n) is 12.6. The highest BCUT2D eigenvalue weighted by Crippen LogP contribution is 2.34. The standard InChI is InChI=1S/C17H14N2O4S/c20-16(21)10-5-11-7-22-9-23-15(11)12(6-10)8-24-17-18-13-3-1-2-4-14(13)19-17/h1-6H,7-9H2,(H,18,19)(H,20,21). The second-order valence-electron chi connectivity index (χ2n) is 5.39. The van der Waals surface area contributed by atoms with Crippen LogP contribution in [0.5, 0.6) is 5.75 Å². The first-order valence-corrected chi connectivity index (χ1v) is 8.36. The summed E-state index contributed by atoms with van der Waals surface area (Å²) in [5.74, 6) is 0.316. The largest absolute Gasteiger partial charge is 0.478 e. The molecular formula is C17H14N2O4S. The van der Waals surface area contributed by atoms with Crippen LogP contribution in [0.3, 0.4) is 0 Å². The fourth-order valence-corrected chi connectivity index (χ4v) is 3.53. The van der Waals surface area contributed by atoms with Crippen LogP contribution >= 0.6 is 11.8 Å². The zero-order valence-corrected chi connectivity index (χ0v) is 13.4. The van der Waals surface area contributed by atoms with Crippen molar-refractivity contribution in [1.29, 1.82) is 0 Å².